The topological polar surface area (TPSA) is 99.1 Å². The molecular formula is C23H16O7. The molecule has 30 heavy (non-hydrogen) atoms. The fraction of sp³-hybridized carbons (Fsp3) is 0.130. The lowest BCUT2D eigenvalue weighted by Gasteiger charge is -2.24. The third kappa shape index (κ3) is 2.75. The average Bonchev–Trinajstić information content (AvgIpc) is 3.28. The van der Waals surface area contributed by atoms with Gasteiger partial charge in [-0.25, -0.2) is 0 Å². The van der Waals surface area contributed by atoms with Crippen LogP contribution in [0.15, 0.2) is 68.6 Å². The summed E-state index contributed by atoms with van der Waals surface area (Å²) in [6, 6.07) is 11.7. The second-order valence-corrected chi connectivity index (χ2v) is 6.96. The zero-order valence-electron chi connectivity index (χ0n) is 15.9. The number of furan rings is 1. The summed E-state index contributed by atoms with van der Waals surface area (Å²) in [6.45, 7) is 0. The van der Waals surface area contributed by atoms with Gasteiger partial charge in [0.1, 0.15) is 40.2 Å². The number of rotatable bonds is 3. The van der Waals surface area contributed by atoms with Crippen molar-refractivity contribution in [3.63, 3.8) is 0 Å². The fourth-order valence-electron chi connectivity index (χ4n) is 3.83. The van der Waals surface area contributed by atoms with Gasteiger partial charge in [-0.1, -0.05) is 12.1 Å². The van der Waals surface area contributed by atoms with E-state index in [2.05, 4.69) is 0 Å². The molecule has 2 aromatic heterocycles. The Morgan fingerprint density at radius 2 is 1.90 bits per heavy atom. The zero-order chi connectivity index (χ0) is 20.8. The zero-order valence-corrected chi connectivity index (χ0v) is 15.9. The highest BCUT2D eigenvalue weighted by Gasteiger charge is 2.35. The predicted octanol–water partition coefficient (Wildman–Crippen LogP) is 4.21. The van der Waals surface area contributed by atoms with E-state index < -0.39 is 17.3 Å². The van der Waals surface area contributed by atoms with Crippen molar-refractivity contribution in [2.24, 2.45) is 0 Å². The van der Waals surface area contributed by atoms with E-state index in [9.17, 15) is 14.7 Å². The predicted molar refractivity (Wildman–Crippen MR) is 107 cm³/mol. The van der Waals surface area contributed by atoms with Gasteiger partial charge in [0.25, 0.3) is 0 Å². The molecule has 2 aromatic carbocycles. The normalized spacial score (nSPS) is 15.6. The number of phenolic OH excluding ortho intramolecular Hbond substituents is 1. The van der Waals surface area contributed by atoms with E-state index in [4.69, 9.17) is 18.3 Å². The summed E-state index contributed by atoms with van der Waals surface area (Å²) >= 11 is 0. The molecule has 0 saturated heterocycles. The Morgan fingerprint density at radius 3 is 2.60 bits per heavy atom. The number of hydrogen-bond donors (Lipinski definition) is 1. The summed E-state index contributed by atoms with van der Waals surface area (Å²) in [6.07, 6.45) is 2.89. The van der Waals surface area contributed by atoms with E-state index in [0.29, 0.717) is 28.2 Å². The smallest absolute Gasteiger partial charge is 0.312 e. The molecule has 1 aliphatic rings. The summed E-state index contributed by atoms with van der Waals surface area (Å²) in [5.41, 5.74) is 1.19. The third-order valence-corrected chi connectivity index (χ3v) is 5.26. The molecule has 7 heteroatoms. The van der Waals surface area contributed by atoms with Crippen molar-refractivity contribution in [2.75, 3.05) is 7.11 Å². The number of hydrogen-bond acceptors (Lipinski definition) is 7. The Labute approximate surface area is 170 Å². The lowest BCUT2D eigenvalue weighted by molar-refractivity contribution is -0.135. The monoisotopic (exact) mass is 404 g/mol. The van der Waals surface area contributed by atoms with Gasteiger partial charge in [0, 0.05) is 11.6 Å². The maximum atomic E-state index is 13.3. The van der Waals surface area contributed by atoms with Crippen LogP contribution in [0.1, 0.15) is 23.7 Å². The quantitative estimate of drug-likeness (QED) is 0.403. The van der Waals surface area contributed by atoms with E-state index in [1.54, 1.807) is 43.5 Å². The number of phenols is 1. The molecule has 1 N–H and O–H groups in total. The van der Waals surface area contributed by atoms with Crippen LogP contribution < -0.4 is 14.9 Å². The molecule has 0 saturated carbocycles. The van der Waals surface area contributed by atoms with Gasteiger partial charge in [-0.05, 0) is 29.8 Å². The van der Waals surface area contributed by atoms with Crippen LogP contribution in [0.4, 0.5) is 0 Å². The van der Waals surface area contributed by atoms with Crippen LogP contribution in [0, 0.1) is 0 Å². The van der Waals surface area contributed by atoms with E-state index in [-0.39, 0.29) is 28.9 Å². The Balaban J connectivity index is 1.75. The maximum Gasteiger partial charge on any atom is 0.312 e. The van der Waals surface area contributed by atoms with E-state index >= 15 is 0 Å². The molecule has 1 aliphatic heterocycles. The molecule has 0 bridgehead atoms. The summed E-state index contributed by atoms with van der Waals surface area (Å²) in [5, 5.41) is 10.6. The van der Waals surface area contributed by atoms with Crippen LogP contribution in [-0.2, 0) is 4.79 Å². The molecule has 4 aromatic rings. The van der Waals surface area contributed by atoms with Gasteiger partial charge < -0.3 is 23.4 Å². The summed E-state index contributed by atoms with van der Waals surface area (Å²) in [4.78, 5) is 25.4. The summed E-state index contributed by atoms with van der Waals surface area (Å²) in [5.74, 6) is 0.0821. The minimum Gasteiger partial charge on any atom is -0.507 e. The first kappa shape index (κ1) is 18.1. The number of aromatic hydroxyl groups is 1. The SMILES string of the molecule is COc1ccc(-c2coc3c4c(cc(O)c3c2=O)OC(=O)CC4c2ccco2)cc1. The van der Waals surface area contributed by atoms with E-state index in [1.165, 1.54) is 18.6 Å². The van der Waals surface area contributed by atoms with Gasteiger partial charge in [-0.3, -0.25) is 9.59 Å². The lowest BCUT2D eigenvalue weighted by Crippen LogP contribution is -2.21. The van der Waals surface area contributed by atoms with Crippen molar-refractivity contribution in [3.05, 3.63) is 76.5 Å². The molecule has 3 heterocycles. The van der Waals surface area contributed by atoms with Crippen molar-refractivity contribution in [1.82, 2.24) is 0 Å². The standard InChI is InChI=1S/C23H16O7/c1-27-13-6-4-12(5-7-13)15-11-29-23-20-14(17-3-2-8-28-17)9-19(25)30-18(20)10-16(24)21(23)22(15)26/h2-8,10-11,14,24H,9H2,1H3. The number of carbonyl (C=O) groups is 1. The van der Waals surface area contributed by atoms with Gasteiger partial charge in [0.05, 0.1) is 31.3 Å². The van der Waals surface area contributed by atoms with Gasteiger partial charge in [0.15, 0.2) is 0 Å². The number of carbonyl (C=O) groups excluding carboxylic acids is 1. The highest BCUT2D eigenvalue weighted by atomic mass is 16.5. The first-order valence-corrected chi connectivity index (χ1v) is 9.26. The Morgan fingerprint density at radius 1 is 1.10 bits per heavy atom. The molecule has 1 unspecified atom stereocenters. The minimum absolute atomic E-state index is 0.0246. The maximum absolute atomic E-state index is 13.3. The molecule has 150 valence electrons. The number of benzene rings is 2. The van der Waals surface area contributed by atoms with Crippen LogP contribution in [0.5, 0.6) is 17.2 Å². The molecule has 0 fully saturated rings. The molecule has 7 nitrogen and oxygen atoms in total. The van der Waals surface area contributed by atoms with Gasteiger partial charge in [-0.2, -0.15) is 0 Å². The first-order chi connectivity index (χ1) is 14.6. The van der Waals surface area contributed by atoms with Crippen LogP contribution >= 0.6 is 0 Å². The second kappa shape index (κ2) is 6.81. The van der Waals surface area contributed by atoms with Gasteiger partial charge in [-0.15, -0.1) is 0 Å². The lowest BCUT2D eigenvalue weighted by atomic mass is 9.88. The van der Waals surface area contributed by atoms with Crippen molar-refractivity contribution in [2.45, 2.75) is 12.3 Å². The van der Waals surface area contributed by atoms with Crippen molar-refractivity contribution in [3.8, 4) is 28.4 Å². The molecule has 1 atom stereocenters. The van der Waals surface area contributed by atoms with E-state index in [1.807, 2.05) is 0 Å². The first-order valence-electron chi connectivity index (χ1n) is 9.26. The average molecular weight is 404 g/mol. The van der Waals surface area contributed by atoms with Crippen LogP contribution in [0.3, 0.4) is 0 Å². The number of ether oxygens (including phenoxy) is 2. The Bertz CT molecular complexity index is 1310. The number of esters is 1. The Hall–Kier alpha value is -4.00. The Kier molecular flexibility index (Phi) is 4.10. The van der Waals surface area contributed by atoms with Gasteiger partial charge >= 0.3 is 5.97 Å². The third-order valence-electron chi connectivity index (χ3n) is 5.26. The molecular weight excluding hydrogens is 388 g/mol. The second-order valence-electron chi connectivity index (χ2n) is 6.96. The van der Waals surface area contributed by atoms with Crippen LogP contribution in [0.25, 0.3) is 22.1 Å². The number of fused-ring (bicyclic) bond motifs is 3. The van der Waals surface area contributed by atoms with Crippen molar-refractivity contribution in [1.29, 1.82) is 0 Å². The molecule has 0 aliphatic carbocycles. The minimum atomic E-state index is -0.491. The van der Waals surface area contributed by atoms with Gasteiger partial charge in [0.2, 0.25) is 5.43 Å². The fourth-order valence-corrected chi connectivity index (χ4v) is 3.83. The van der Waals surface area contributed by atoms with Crippen LogP contribution in [0.2, 0.25) is 0 Å². The molecule has 0 spiro atoms. The largest absolute Gasteiger partial charge is 0.507 e. The molecule has 0 radical (unpaired) electrons. The number of methoxy groups -OCH3 is 1. The van der Waals surface area contributed by atoms with E-state index in [0.717, 1.165) is 0 Å². The molecule has 5 rings (SSSR count). The van der Waals surface area contributed by atoms with Crippen molar-refractivity contribution >= 4 is 16.9 Å². The highest BCUT2D eigenvalue weighted by Crippen LogP contribution is 2.45. The van der Waals surface area contributed by atoms with Crippen molar-refractivity contribution < 1.29 is 28.2 Å². The van der Waals surface area contributed by atoms with Crippen LogP contribution in [-0.4, -0.2) is 18.2 Å². The highest BCUT2D eigenvalue weighted by molar-refractivity contribution is 5.94. The molecule has 0 amide bonds. The summed E-state index contributed by atoms with van der Waals surface area (Å²) in [7, 11) is 1.56. The summed E-state index contributed by atoms with van der Waals surface area (Å²) < 4.78 is 21.8.